The highest BCUT2D eigenvalue weighted by molar-refractivity contribution is 9.10. The molecule has 0 aliphatic heterocycles. The van der Waals surface area contributed by atoms with Gasteiger partial charge in [0.2, 0.25) is 0 Å². The minimum absolute atomic E-state index is 0.226. The van der Waals surface area contributed by atoms with E-state index in [9.17, 15) is 23.7 Å². The van der Waals surface area contributed by atoms with Crippen LogP contribution in [0, 0.1) is 10.1 Å². The summed E-state index contributed by atoms with van der Waals surface area (Å²) >= 11 is 2.71. The molecule has 0 amide bonds. The number of pyridine rings is 1. The van der Waals surface area contributed by atoms with E-state index in [-0.39, 0.29) is 4.47 Å². The van der Waals surface area contributed by atoms with Crippen LogP contribution in [0.1, 0.15) is 22.5 Å². The Bertz CT molecular complexity index is 466. The zero-order valence-electron chi connectivity index (χ0n) is 7.35. The molecule has 0 fully saturated rings. The van der Waals surface area contributed by atoms with Crippen molar-refractivity contribution in [1.82, 2.24) is 4.98 Å². The number of alkyl halides is 2. The molecule has 1 heterocycles. The molecule has 1 N–H and O–H groups in total. The second-order valence-electron chi connectivity index (χ2n) is 2.58. The first kappa shape index (κ1) is 12.4. The molecule has 0 unspecified atom stereocenters. The van der Waals surface area contributed by atoms with Crippen LogP contribution in [0.3, 0.4) is 0 Å². The third-order valence-corrected chi connectivity index (χ3v) is 2.24. The Balaban J connectivity index is 3.63. The molecule has 0 spiro atoms. The van der Waals surface area contributed by atoms with Crippen LogP contribution in [-0.2, 0) is 0 Å². The summed E-state index contributed by atoms with van der Waals surface area (Å²) in [5.74, 6) is -1.68. The van der Waals surface area contributed by atoms with Gasteiger partial charge in [-0.1, -0.05) is 0 Å². The molecule has 0 atom stereocenters. The molecule has 86 valence electrons. The Morgan fingerprint density at radius 2 is 2.19 bits per heavy atom. The summed E-state index contributed by atoms with van der Waals surface area (Å²) < 4.78 is 24.5. The van der Waals surface area contributed by atoms with Crippen molar-refractivity contribution < 1.29 is 23.6 Å². The van der Waals surface area contributed by atoms with Crippen LogP contribution in [0.15, 0.2) is 10.7 Å². The number of carbonyl (C=O) groups is 1. The largest absolute Gasteiger partial charge is 0.477 e. The van der Waals surface area contributed by atoms with E-state index in [1.54, 1.807) is 0 Å². The molecular weight excluding hydrogens is 294 g/mol. The van der Waals surface area contributed by atoms with Crippen LogP contribution in [0.4, 0.5) is 14.5 Å². The summed E-state index contributed by atoms with van der Waals surface area (Å²) in [5, 5.41) is 19.2. The highest BCUT2D eigenvalue weighted by atomic mass is 79.9. The monoisotopic (exact) mass is 296 g/mol. The van der Waals surface area contributed by atoms with Gasteiger partial charge in [0.05, 0.1) is 9.40 Å². The van der Waals surface area contributed by atoms with Crippen LogP contribution in [-0.4, -0.2) is 21.0 Å². The SMILES string of the molecule is O=C(O)c1c(Br)cnc(C(F)F)c1[N+](=O)[O-]. The van der Waals surface area contributed by atoms with Gasteiger partial charge in [-0.25, -0.2) is 18.6 Å². The molecule has 0 aromatic carbocycles. The Kier molecular flexibility index (Phi) is 3.48. The molecule has 0 aliphatic rings. The number of nitro groups is 1. The zero-order chi connectivity index (χ0) is 12.5. The van der Waals surface area contributed by atoms with Crippen LogP contribution in [0.2, 0.25) is 0 Å². The second kappa shape index (κ2) is 4.47. The fourth-order valence-electron chi connectivity index (χ4n) is 1.04. The summed E-state index contributed by atoms with van der Waals surface area (Å²) in [4.78, 5) is 23.2. The fraction of sp³-hybridized carbons (Fsp3) is 0.143. The maximum Gasteiger partial charge on any atom is 0.344 e. The molecule has 9 heteroatoms. The number of hydrogen-bond donors (Lipinski definition) is 1. The molecule has 0 saturated heterocycles. The van der Waals surface area contributed by atoms with E-state index in [0.717, 1.165) is 6.20 Å². The summed E-state index contributed by atoms with van der Waals surface area (Å²) in [5.41, 5.74) is -3.20. The van der Waals surface area contributed by atoms with Crippen molar-refractivity contribution in [3.63, 3.8) is 0 Å². The van der Waals surface area contributed by atoms with E-state index in [1.807, 2.05) is 0 Å². The maximum atomic E-state index is 12.4. The summed E-state index contributed by atoms with van der Waals surface area (Å²) in [7, 11) is 0. The fourth-order valence-corrected chi connectivity index (χ4v) is 1.50. The van der Waals surface area contributed by atoms with Gasteiger partial charge in [-0.05, 0) is 15.9 Å². The van der Waals surface area contributed by atoms with Gasteiger partial charge in [0.1, 0.15) is 0 Å². The Morgan fingerprint density at radius 1 is 1.62 bits per heavy atom. The number of carboxylic acids is 1. The van der Waals surface area contributed by atoms with Crippen molar-refractivity contribution in [1.29, 1.82) is 0 Å². The topological polar surface area (TPSA) is 93.3 Å². The highest BCUT2D eigenvalue weighted by Gasteiger charge is 2.32. The van der Waals surface area contributed by atoms with Gasteiger partial charge >= 0.3 is 11.7 Å². The number of hydrogen-bond acceptors (Lipinski definition) is 4. The van der Waals surface area contributed by atoms with Crippen molar-refractivity contribution in [3.05, 3.63) is 32.0 Å². The maximum absolute atomic E-state index is 12.4. The average molecular weight is 297 g/mol. The van der Waals surface area contributed by atoms with Crippen LogP contribution >= 0.6 is 15.9 Å². The first-order chi connectivity index (χ1) is 7.36. The minimum atomic E-state index is -3.22. The number of rotatable bonds is 3. The Labute approximate surface area is 95.2 Å². The first-order valence-corrected chi connectivity index (χ1v) is 4.49. The smallest absolute Gasteiger partial charge is 0.344 e. The van der Waals surface area contributed by atoms with Crippen LogP contribution in [0.25, 0.3) is 0 Å². The van der Waals surface area contributed by atoms with Crippen molar-refractivity contribution in [2.45, 2.75) is 6.43 Å². The Hall–Kier alpha value is -1.64. The summed E-state index contributed by atoms with van der Waals surface area (Å²) in [6.45, 7) is 0. The number of aromatic nitrogens is 1. The lowest BCUT2D eigenvalue weighted by atomic mass is 10.2. The summed E-state index contributed by atoms with van der Waals surface area (Å²) in [6.07, 6.45) is -2.43. The normalized spacial score (nSPS) is 10.5. The third kappa shape index (κ3) is 2.13. The highest BCUT2D eigenvalue weighted by Crippen LogP contribution is 2.33. The van der Waals surface area contributed by atoms with E-state index < -0.39 is 34.3 Å². The molecule has 0 saturated carbocycles. The number of carboxylic acid groups (broad SMARTS) is 1. The van der Waals surface area contributed by atoms with Gasteiger partial charge in [-0.3, -0.25) is 10.1 Å². The van der Waals surface area contributed by atoms with Crippen LogP contribution in [0.5, 0.6) is 0 Å². The van der Waals surface area contributed by atoms with Crippen molar-refractivity contribution in [3.8, 4) is 0 Å². The lowest BCUT2D eigenvalue weighted by molar-refractivity contribution is -0.387. The lowest BCUT2D eigenvalue weighted by Gasteiger charge is -2.05. The molecule has 0 aliphatic carbocycles. The van der Waals surface area contributed by atoms with Crippen molar-refractivity contribution in [2.75, 3.05) is 0 Å². The molecule has 16 heavy (non-hydrogen) atoms. The van der Waals surface area contributed by atoms with Crippen LogP contribution < -0.4 is 0 Å². The van der Waals surface area contributed by atoms with E-state index in [4.69, 9.17) is 5.11 Å². The van der Waals surface area contributed by atoms with Crippen molar-refractivity contribution in [2.24, 2.45) is 0 Å². The summed E-state index contributed by atoms with van der Waals surface area (Å²) in [6, 6.07) is 0. The lowest BCUT2D eigenvalue weighted by Crippen LogP contribution is -2.09. The predicted octanol–water partition coefficient (Wildman–Crippen LogP) is 2.39. The molecule has 1 aromatic heterocycles. The molecule has 1 rings (SSSR count). The van der Waals surface area contributed by atoms with E-state index in [0.29, 0.717) is 0 Å². The quantitative estimate of drug-likeness (QED) is 0.683. The van der Waals surface area contributed by atoms with Gasteiger partial charge in [0.15, 0.2) is 11.3 Å². The number of aromatic carboxylic acids is 1. The predicted molar refractivity (Wildman–Crippen MR) is 50.5 cm³/mol. The van der Waals surface area contributed by atoms with Crippen molar-refractivity contribution >= 4 is 27.6 Å². The zero-order valence-corrected chi connectivity index (χ0v) is 8.94. The number of nitrogens with zero attached hydrogens (tertiary/aromatic N) is 2. The Morgan fingerprint density at radius 3 is 2.56 bits per heavy atom. The number of halogens is 3. The molecule has 6 nitrogen and oxygen atoms in total. The van der Waals surface area contributed by atoms with E-state index in [1.165, 1.54) is 0 Å². The second-order valence-corrected chi connectivity index (χ2v) is 3.43. The average Bonchev–Trinajstić information content (AvgIpc) is 2.15. The molecule has 0 radical (unpaired) electrons. The standard InChI is InChI=1S/C7H3BrF2N2O4/c8-2-1-11-4(6(9)10)5(12(15)16)3(2)7(13)14/h1,6H,(H,13,14). The first-order valence-electron chi connectivity index (χ1n) is 3.70. The van der Waals surface area contributed by atoms with Gasteiger partial charge in [-0.2, -0.15) is 0 Å². The van der Waals surface area contributed by atoms with Gasteiger partial charge < -0.3 is 5.11 Å². The molecule has 0 bridgehead atoms. The van der Waals surface area contributed by atoms with Gasteiger partial charge in [0, 0.05) is 6.20 Å². The van der Waals surface area contributed by atoms with E-state index >= 15 is 0 Å². The third-order valence-electron chi connectivity index (χ3n) is 1.64. The minimum Gasteiger partial charge on any atom is -0.477 e. The van der Waals surface area contributed by atoms with E-state index in [2.05, 4.69) is 20.9 Å². The molecular formula is C7H3BrF2N2O4. The molecule has 1 aromatic rings. The van der Waals surface area contributed by atoms with Gasteiger partial charge in [0.25, 0.3) is 6.43 Å². The van der Waals surface area contributed by atoms with Gasteiger partial charge in [-0.15, -0.1) is 0 Å².